The Morgan fingerprint density at radius 2 is 2.26 bits per heavy atom. The van der Waals surface area contributed by atoms with Crippen molar-refractivity contribution in [2.24, 2.45) is 5.92 Å². The van der Waals surface area contributed by atoms with Crippen molar-refractivity contribution >= 4 is 23.4 Å². The van der Waals surface area contributed by atoms with Crippen LogP contribution in [0.1, 0.15) is 24.8 Å². The minimum atomic E-state index is -4.53. The van der Waals surface area contributed by atoms with E-state index in [1.54, 1.807) is 0 Å². The first kappa shape index (κ1) is 17.3. The first-order valence-corrected chi connectivity index (χ1v) is 7.23. The first-order chi connectivity index (χ1) is 10.8. The Balaban J connectivity index is 1.97. The molecule has 9 heteroatoms. The van der Waals surface area contributed by atoms with Crippen molar-refractivity contribution < 1.29 is 22.7 Å². The minimum Gasteiger partial charge on any atom is -0.459 e. The highest BCUT2D eigenvalue weighted by atomic mass is 35.5. The maximum atomic E-state index is 12.5. The molecule has 0 spiro atoms. The van der Waals surface area contributed by atoms with Gasteiger partial charge in [0.25, 0.3) is 0 Å². The number of carbonyl (C=O) groups excluding carboxylic acids is 1. The number of hydrogen-bond donors (Lipinski definition) is 1. The molecule has 1 fully saturated rings. The number of nitrogens with zero attached hydrogens (tertiary/aromatic N) is 2. The number of esters is 1. The Kier molecular flexibility index (Phi) is 5.31. The van der Waals surface area contributed by atoms with Gasteiger partial charge in [-0.3, -0.25) is 4.79 Å². The average molecular weight is 348 g/mol. The number of hydrogen-bond acceptors (Lipinski definition) is 5. The van der Waals surface area contributed by atoms with Gasteiger partial charge in [0.2, 0.25) is 0 Å². The molecule has 1 heterocycles. The van der Waals surface area contributed by atoms with Crippen LogP contribution in [0.2, 0.25) is 5.02 Å². The van der Waals surface area contributed by atoms with Gasteiger partial charge >= 0.3 is 12.1 Å². The van der Waals surface area contributed by atoms with Crippen LogP contribution in [0.4, 0.5) is 19.0 Å². The molecule has 124 valence electrons. The highest BCUT2D eigenvalue weighted by Crippen LogP contribution is 2.33. The second-order valence-electron chi connectivity index (χ2n) is 5.13. The molecule has 1 aliphatic carbocycles. The molecule has 1 aromatic heterocycles. The van der Waals surface area contributed by atoms with Crippen molar-refractivity contribution in [2.45, 2.75) is 31.5 Å². The Morgan fingerprint density at radius 1 is 1.57 bits per heavy atom. The standard InChI is InChI=1S/C14H13ClF3N3O2/c15-11-5-9(14(16,17)18)6-20-12(11)21-7-10(3-4-19)23-13(22)8-1-2-8/h5-6,8,10H,1-3,7H2,(H,20,21)/t10-/m0/s1. The fraction of sp³-hybridized carbons (Fsp3) is 0.500. The molecule has 0 amide bonds. The number of ether oxygens (including phenoxy) is 1. The Hall–Kier alpha value is -2.01. The third-order valence-electron chi connectivity index (χ3n) is 3.18. The zero-order chi connectivity index (χ0) is 17.0. The zero-order valence-corrected chi connectivity index (χ0v) is 12.6. The van der Waals surface area contributed by atoms with Crippen LogP contribution in [0.3, 0.4) is 0 Å². The van der Waals surface area contributed by atoms with Crippen LogP contribution in [-0.4, -0.2) is 23.6 Å². The summed E-state index contributed by atoms with van der Waals surface area (Å²) in [6.45, 7) is 0.0318. The van der Waals surface area contributed by atoms with E-state index >= 15 is 0 Å². The predicted octanol–water partition coefficient (Wildman–Crippen LogP) is 3.40. The van der Waals surface area contributed by atoms with E-state index in [-0.39, 0.29) is 35.7 Å². The molecule has 0 aromatic carbocycles. The number of anilines is 1. The lowest BCUT2D eigenvalue weighted by Crippen LogP contribution is -2.27. The van der Waals surface area contributed by atoms with Crippen LogP contribution in [0.15, 0.2) is 12.3 Å². The van der Waals surface area contributed by atoms with Crippen LogP contribution < -0.4 is 5.32 Å². The quantitative estimate of drug-likeness (QED) is 0.798. The van der Waals surface area contributed by atoms with Crippen molar-refractivity contribution in [1.29, 1.82) is 5.26 Å². The van der Waals surface area contributed by atoms with Crippen LogP contribution >= 0.6 is 11.6 Å². The Morgan fingerprint density at radius 3 is 2.78 bits per heavy atom. The molecule has 23 heavy (non-hydrogen) atoms. The van der Waals surface area contributed by atoms with Gasteiger partial charge in [-0.1, -0.05) is 11.6 Å². The Bertz CT molecular complexity index is 627. The molecule has 1 N–H and O–H groups in total. The van der Waals surface area contributed by atoms with Gasteiger partial charge in [-0.05, 0) is 18.9 Å². The third kappa shape index (κ3) is 4.99. The highest BCUT2D eigenvalue weighted by Gasteiger charge is 2.33. The summed E-state index contributed by atoms with van der Waals surface area (Å²) in [5.74, 6) is -0.437. The molecule has 0 radical (unpaired) electrons. The number of alkyl halides is 3. The molecular formula is C14H13ClF3N3O2. The van der Waals surface area contributed by atoms with Gasteiger partial charge in [0.05, 0.1) is 35.5 Å². The van der Waals surface area contributed by atoms with Crippen molar-refractivity contribution in [2.75, 3.05) is 11.9 Å². The van der Waals surface area contributed by atoms with Gasteiger partial charge in [-0.2, -0.15) is 18.4 Å². The fourth-order valence-corrected chi connectivity index (χ4v) is 2.00. The molecule has 1 saturated carbocycles. The molecule has 1 atom stereocenters. The highest BCUT2D eigenvalue weighted by molar-refractivity contribution is 6.32. The largest absolute Gasteiger partial charge is 0.459 e. The number of pyridine rings is 1. The summed E-state index contributed by atoms with van der Waals surface area (Å²) >= 11 is 5.76. The van der Waals surface area contributed by atoms with Gasteiger partial charge in [0, 0.05) is 6.20 Å². The molecule has 0 saturated heterocycles. The molecular weight excluding hydrogens is 335 g/mol. The van der Waals surface area contributed by atoms with Crippen molar-refractivity contribution in [1.82, 2.24) is 4.98 Å². The van der Waals surface area contributed by atoms with Crippen molar-refractivity contribution in [3.63, 3.8) is 0 Å². The first-order valence-electron chi connectivity index (χ1n) is 6.85. The van der Waals surface area contributed by atoms with Gasteiger partial charge in [0.15, 0.2) is 0 Å². The fourth-order valence-electron chi connectivity index (χ4n) is 1.77. The number of nitriles is 1. The van der Waals surface area contributed by atoms with Crippen LogP contribution in [0.25, 0.3) is 0 Å². The van der Waals surface area contributed by atoms with E-state index in [0.717, 1.165) is 18.9 Å². The van der Waals surface area contributed by atoms with Gasteiger partial charge in [0.1, 0.15) is 11.9 Å². The summed E-state index contributed by atoms with van der Waals surface area (Å²) in [6.07, 6.45) is -3.07. The summed E-state index contributed by atoms with van der Waals surface area (Å²) in [4.78, 5) is 15.2. The molecule has 1 aromatic rings. The number of nitrogens with one attached hydrogen (secondary N) is 1. The maximum Gasteiger partial charge on any atom is 0.417 e. The molecule has 0 aliphatic heterocycles. The van der Waals surface area contributed by atoms with Gasteiger partial charge in [-0.15, -0.1) is 0 Å². The van der Waals surface area contributed by atoms with E-state index in [0.29, 0.717) is 6.20 Å². The summed E-state index contributed by atoms with van der Waals surface area (Å²) < 4.78 is 42.8. The molecule has 0 bridgehead atoms. The summed E-state index contributed by atoms with van der Waals surface area (Å²) in [7, 11) is 0. The van der Waals surface area contributed by atoms with E-state index in [4.69, 9.17) is 21.6 Å². The van der Waals surface area contributed by atoms with E-state index < -0.39 is 17.8 Å². The average Bonchev–Trinajstić information content (AvgIpc) is 3.29. The smallest absolute Gasteiger partial charge is 0.417 e. The van der Waals surface area contributed by atoms with E-state index in [9.17, 15) is 18.0 Å². The zero-order valence-electron chi connectivity index (χ0n) is 11.9. The molecule has 2 rings (SSSR count). The predicted molar refractivity (Wildman–Crippen MR) is 75.6 cm³/mol. The summed E-state index contributed by atoms with van der Waals surface area (Å²) in [5, 5.41) is 11.2. The maximum absolute atomic E-state index is 12.5. The van der Waals surface area contributed by atoms with Crippen LogP contribution in [0, 0.1) is 17.2 Å². The second kappa shape index (κ2) is 7.04. The third-order valence-corrected chi connectivity index (χ3v) is 3.47. The number of aromatic nitrogens is 1. The SMILES string of the molecule is N#CC[C@@H](CNc1ncc(C(F)(F)F)cc1Cl)OC(=O)C1CC1. The lowest BCUT2D eigenvalue weighted by Gasteiger charge is -2.17. The van der Waals surface area contributed by atoms with Gasteiger partial charge < -0.3 is 10.1 Å². The van der Waals surface area contributed by atoms with Crippen LogP contribution in [0.5, 0.6) is 0 Å². The minimum absolute atomic E-state index is 0.0318. The number of rotatable bonds is 6. The van der Waals surface area contributed by atoms with Gasteiger partial charge in [-0.25, -0.2) is 4.98 Å². The van der Waals surface area contributed by atoms with E-state index in [2.05, 4.69) is 10.3 Å². The topological polar surface area (TPSA) is 75.0 Å². The monoisotopic (exact) mass is 347 g/mol. The number of carbonyl (C=O) groups is 1. The lowest BCUT2D eigenvalue weighted by atomic mass is 10.2. The normalized spacial score (nSPS) is 15.6. The second-order valence-corrected chi connectivity index (χ2v) is 5.54. The molecule has 0 unspecified atom stereocenters. The molecule has 5 nitrogen and oxygen atoms in total. The Labute approximate surface area is 135 Å². The van der Waals surface area contributed by atoms with Crippen LogP contribution in [-0.2, 0) is 15.7 Å². The molecule has 1 aliphatic rings. The van der Waals surface area contributed by atoms with E-state index in [1.165, 1.54) is 0 Å². The summed E-state index contributed by atoms with van der Waals surface area (Å²) in [5.41, 5.74) is -0.957. The van der Waals surface area contributed by atoms with Crippen molar-refractivity contribution in [3.05, 3.63) is 22.8 Å². The summed E-state index contributed by atoms with van der Waals surface area (Å²) in [6, 6.07) is 2.65. The van der Waals surface area contributed by atoms with E-state index in [1.807, 2.05) is 6.07 Å². The van der Waals surface area contributed by atoms with Crippen molar-refractivity contribution in [3.8, 4) is 6.07 Å². The number of halogens is 4. The lowest BCUT2D eigenvalue weighted by molar-refractivity contribution is -0.149.